The van der Waals surface area contributed by atoms with Gasteiger partial charge in [0.15, 0.2) is 0 Å². The van der Waals surface area contributed by atoms with E-state index in [1.54, 1.807) is 0 Å². The highest BCUT2D eigenvalue weighted by Crippen LogP contribution is 2.67. The van der Waals surface area contributed by atoms with Crippen molar-refractivity contribution >= 4 is 12.0 Å². The lowest BCUT2D eigenvalue weighted by Crippen LogP contribution is -2.60. The average molecular weight is 345 g/mol. The number of aliphatic carboxylic acids is 1. The molecule has 2 aromatic carbocycles. The van der Waals surface area contributed by atoms with Crippen LogP contribution < -0.4 is 5.32 Å². The Hall–Kier alpha value is -2.39. The SMILES string of the molecule is C=Cc1ccc2c(c1)[C@H]1CC[C@]2(c2ccccc2)[C@@H]2CNC[C@]12C(=O)O. The van der Waals surface area contributed by atoms with Crippen LogP contribution in [0.2, 0.25) is 0 Å². The summed E-state index contributed by atoms with van der Waals surface area (Å²) in [6.07, 6.45) is 3.80. The number of fused-ring (bicyclic) bond motifs is 1. The first-order valence-electron chi connectivity index (χ1n) is 9.41. The number of carboxylic acid groups (broad SMARTS) is 1. The minimum absolute atomic E-state index is 0.0699. The van der Waals surface area contributed by atoms with Gasteiger partial charge in [-0.1, -0.05) is 61.2 Å². The third-order valence-electron chi connectivity index (χ3n) is 7.29. The summed E-state index contributed by atoms with van der Waals surface area (Å²) in [4.78, 5) is 12.6. The quantitative estimate of drug-likeness (QED) is 0.890. The minimum Gasteiger partial charge on any atom is -0.481 e. The molecule has 6 rings (SSSR count). The zero-order valence-electron chi connectivity index (χ0n) is 14.7. The first-order valence-corrected chi connectivity index (χ1v) is 9.41. The van der Waals surface area contributed by atoms with Gasteiger partial charge in [0, 0.05) is 30.3 Å². The maximum atomic E-state index is 12.6. The number of benzene rings is 2. The van der Waals surface area contributed by atoms with E-state index in [4.69, 9.17) is 0 Å². The van der Waals surface area contributed by atoms with Crippen molar-refractivity contribution in [3.05, 3.63) is 77.4 Å². The molecule has 1 aliphatic heterocycles. The van der Waals surface area contributed by atoms with Gasteiger partial charge in [-0.3, -0.25) is 4.79 Å². The summed E-state index contributed by atoms with van der Waals surface area (Å²) in [6.45, 7) is 5.23. The Balaban J connectivity index is 1.86. The van der Waals surface area contributed by atoms with Crippen molar-refractivity contribution in [2.24, 2.45) is 11.3 Å². The van der Waals surface area contributed by atoms with Gasteiger partial charge in [0.2, 0.25) is 0 Å². The summed E-state index contributed by atoms with van der Waals surface area (Å²) < 4.78 is 0. The van der Waals surface area contributed by atoms with Crippen LogP contribution in [0.4, 0.5) is 0 Å². The monoisotopic (exact) mass is 345 g/mol. The zero-order valence-corrected chi connectivity index (χ0v) is 14.7. The van der Waals surface area contributed by atoms with Crippen molar-refractivity contribution in [2.45, 2.75) is 24.2 Å². The van der Waals surface area contributed by atoms with Crippen LogP contribution in [0.3, 0.4) is 0 Å². The molecule has 3 nitrogen and oxygen atoms in total. The van der Waals surface area contributed by atoms with Crippen molar-refractivity contribution in [2.75, 3.05) is 13.1 Å². The van der Waals surface area contributed by atoms with Crippen LogP contribution in [0.15, 0.2) is 55.1 Å². The van der Waals surface area contributed by atoms with E-state index in [2.05, 4.69) is 54.4 Å². The van der Waals surface area contributed by atoms with Crippen LogP contribution in [-0.4, -0.2) is 24.2 Å². The third kappa shape index (κ3) is 1.69. The molecule has 0 spiro atoms. The summed E-state index contributed by atoms with van der Waals surface area (Å²) in [6, 6.07) is 17.1. The molecule has 0 amide bonds. The highest BCUT2D eigenvalue weighted by Gasteiger charge is 2.68. The van der Waals surface area contributed by atoms with E-state index in [1.165, 1.54) is 16.7 Å². The molecule has 1 heterocycles. The molecular weight excluding hydrogens is 322 g/mol. The highest BCUT2D eigenvalue weighted by molar-refractivity contribution is 5.81. The van der Waals surface area contributed by atoms with Gasteiger partial charge in [-0.25, -0.2) is 0 Å². The Bertz CT molecular complexity index is 906. The van der Waals surface area contributed by atoms with E-state index < -0.39 is 11.4 Å². The van der Waals surface area contributed by atoms with Crippen LogP contribution in [0.1, 0.15) is 41.0 Å². The topological polar surface area (TPSA) is 49.3 Å². The minimum atomic E-state index is -0.721. The second kappa shape index (κ2) is 5.31. The number of hydrogen-bond acceptors (Lipinski definition) is 2. The summed E-state index contributed by atoms with van der Waals surface area (Å²) in [5.41, 5.74) is 3.93. The molecule has 2 aromatic rings. The van der Waals surface area contributed by atoms with Crippen LogP contribution >= 0.6 is 0 Å². The molecule has 3 heteroatoms. The summed E-state index contributed by atoms with van der Waals surface area (Å²) in [5, 5.41) is 13.8. The van der Waals surface area contributed by atoms with Crippen LogP contribution in [0.5, 0.6) is 0 Å². The molecule has 1 saturated carbocycles. The van der Waals surface area contributed by atoms with Crippen LogP contribution in [0.25, 0.3) is 6.08 Å². The predicted molar refractivity (Wildman–Crippen MR) is 102 cm³/mol. The van der Waals surface area contributed by atoms with E-state index >= 15 is 0 Å². The van der Waals surface area contributed by atoms with E-state index in [1.807, 2.05) is 12.1 Å². The Labute approximate surface area is 153 Å². The smallest absolute Gasteiger partial charge is 0.311 e. The predicted octanol–water partition coefficient (Wildman–Crippen LogP) is 3.80. The van der Waals surface area contributed by atoms with Gasteiger partial charge in [0.1, 0.15) is 0 Å². The first kappa shape index (κ1) is 15.8. The number of nitrogens with one attached hydrogen (secondary N) is 1. The fourth-order valence-electron chi connectivity index (χ4n) is 6.28. The summed E-state index contributed by atoms with van der Waals surface area (Å²) >= 11 is 0. The molecule has 0 radical (unpaired) electrons. The van der Waals surface area contributed by atoms with Gasteiger partial charge in [0.05, 0.1) is 5.41 Å². The fourth-order valence-corrected chi connectivity index (χ4v) is 6.28. The van der Waals surface area contributed by atoms with Gasteiger partial charge in [0.25, 0.3) is 0 Å². The molecule has 4 atom stereocenters. The van der Waals surface area contributed by atoms with Crippen LogP contribution in [-0.2, 0) is 10.2 Å². The van der Waals surface area contributed by atoms with Crippen molar-refractivity contribution in [1.82, 2.24) is 5.32 Å². The van der Waals surface area contributed by atoms with Gasteiger partial charge in [-0.05, 0) is 35.1 Å². The first-order chi connectivity index (χ1) is 12.6. The largest absolute Gasteiger partial charge is 0.481 e. The number of carbonyl (C=O) groups is 1. The average Bonchev–Trinajstić information content (AvgIpc) is 3.16. The molecular formula is C23H23NO2. The van der Waals surface area contributed by atoms with Gasteiger partial charge in [-0.2, -0.15) is 0 Å². The van der Waals surface area contributed by atoms with E-state index in [0.29, 0.717) is 6.54 Å². The number of hydrogen-bond donors (Lipinski definition) is 2. The van der Waals surface area contributed by atoms with Crippen molar-refractivity contribution < 1.29 is 9.90 Å². The van der Waals surface area contributed by atoms with E-state index in [0.717, 1.165) is 24.9 Å². The Morgan fingerprint density at radius 3 is 2.77 bits per heavy atom. The van der Waals surface area contributed by atoms with Gasteiger partial charge in [-0.15, -0.1) is 0 Å². The van der Waals surface area contributed by atoms with Gasteiger partial charge < -0.3 is 10.4 Å². The van der Waals surface area contributed by atoms with Crippen LogP contribution in [0, 0.1) is 11.3 Å². The van der Waals surface area contributed by atoms with E-state index in [9.17, 15) is 9.90 Å². The lowest BCUT2D eigenvalue weighted by molar-refractivity contribution is -0.157. The van der Waals surface area contributed by atoms with Gasteiger partial charge >= 0.3 is 5.97 Å². The third-order valence-corrected chi connectivity index (χ3v) is 7.29. The molecule has 2 bridgehead atoms. The molecule has 1 saturated heterocycles. The molecule has 132 valence electrons. The maximum Gasteiger partial charge on any atom is 0.311 e. The molecule has 4 aliphatic rings. The standard InChI is InChI=1S/C23H23NO2/c1-2-15-8-9-18-17(12-15)19-10-11-22(18,16-6-4-3-5-7-16)20-13-24-14-23(19,20)21(25)26/h2-9,12,19-20,24H,1,10-11,13-14H2,(H,25,26)/t19-,20+,22-,23+/m1/s1. The zero-order chi connectivity index (χ0) is 17.9. The van der Waals surface area contributed by atoms with E-state index in [-0.39, 0.29) is 17.3 Å². The second-order valence-corrected chi connectivity index (χ2v) is 8.01. The molecule has 0 unspecified atom stereocenters. The normalized spacial score (nSPS) is 34.2. The number of carboxylic acids is 1. The summed E-state index contributed by atoms with van der Waals surface area (Å²) in [5.74, 6) is -0.497. The molecule has 2 fully saturated rings. The molecule has 2 N–H and O–H groups in total. The fraction of sp³-hybridized carbons (Fsp3) is 0.348. The van der Waals surface area contributed by atoms with Crippen molar-refractivity contribution in [3.8, 4) is 0 Å². The molecule has 26 heavy (non-hydrogen) atoms. The molecule has 3 aliphatic carbocycles. The lowest BCUT2D eigenvalue weighted by atomic mass is 9.42. The Kier molecular flexibility index (Phi) is 3.23. The van der Waals surface area contributed by atoms with Crippen molar-refractivity contribution in [1.29, 1.82) is 0 Å². The Morgan fingerprint density at radius 2 is 2.04 bits per heavy atom. The lowest BCUT2D eigenvalue weighted by Gasteiger charge is -2.59. The number of rotatable bonds is 3. The Morgan fingerprint density at radius 1 is 1.23 bits per heavy atom. The summed E-state index contributed by atoms with van der Waals surface area (Å²) in [7, 11) is 0. The second-order valence-electron chi connectivity index (χ2n) is 8.01. The highest BCUT2D eigenvalue weighted by atomic mass is 16.4. The maximum absolute atomic E-state index is 12.6. The molecule has 0 aromatic heterocycles. The van der Waals surface area contributed by atoms with Crippen molar-refractivity contribution in [3.63, 3.8) is 0 Å².